The predicted molar refractivity (Wildman–Crippen MR) is 87.4 cm³/mol. The molecule has 2 N–H and O–H groups in total. The predicted octanol–water partition coefficient (Wildman–Crippen LogP) is 1.80. The molecular formula is C16H22N4O3. The zero-order valence-electron chi connectivity index (χ0n) is 13.3. The zero-order chi connectivity index (χ0) is 16.6. The smallest absolute Gasteiger partial charge is 0.293 e. The number of carbonyl (C=O) groups is 1. The Bertz CT molecular complexity index is 646. The molecule has 1 amide bonds. The highest BCUT2D eigenvalue weighted by atomic mass is 16.6. The molecule has 2 fully saturated rings. The average Bonchev–Trinajstić information content (AvgIpc) is 2.85. The van der Waals surface area contributed by atoms with E-state index < -0.39 is 4.92 Å². The summed E-state index contributed by atoms with van der Waals surface area (Å²) in [6, 6.07) is 3.47. The summed E-state index contributed by atoms with van der Waals surface area (Å²) in [6.07, 6.45) is 3.20. The highest BCUT2D eigenvalue weighted by molar-refractivity contribution is 6.01. The number of amides is 1. The summed E-state index contributed by atoms with van der Waals surface area (Å²) in [5.74, 6) is -0.192. The molecule has 7 nitrogen and oxygen atoms in total. The fourth-order valence-corrected chi connectivity index (χ4v) is 3.67. The summed E-state index contributed by atoms with van der Waals surface area (Å²) < 4.78 is 0. The summed E-state index contributed by atoms with van der Waals surface area (Å²) in [7, 11) is 0. The van der Waals surface area contributed by atoms with E-state index in [1.54, 1.807) is 13.0 Å². The maximum atomic E-state index is 12.9. The van der Waals surface area contributed by atoms with E-state index in [4.69, 9.17) is 5.73 Å². The van der Waals surface area contributed by atoms with Gasteiger partial charge in [-0.05, 0) is 44.4 Å². The van der Waals surface area contributed by atoms with Gasteiger partial charge in [0.15, 0.2) is 0 Å². The maximum absolute atomic E-state index is 12.9. The molecule has 0 radical (unpaired) electrons. The molecule has 23 heavy (non-hydrogen) atoms. The second kappa shape index (κ2) is 6.16. The van der Waals surface area contributed by atoms with Gasteiger partial charge in [0.2, 0.25) is 0 Å². The molecule has 0 aromatic heterocycles. The number of carbonyl (C=O) groups excluding carboxylic acids is 1. The van der Waals surface area contributed by atoms with E-state index in [1.807, 2.05) is 4.90 Å². The second-order valence-corrected chi connectivity index (χ2v) is 6.44. The Balaban J connectivity index is 1.89. The monoisotopic (exact) mass is 318 g/mol. The van der Waals surface area contributed by atoms with Crippen LogP contribution in [0, 0.1) is 17.0 Å². The van der Waals surface area contributed by atoms with Crippen LogP contribution in [0.2, 0.25) is 0 Å². The summed E-state index contributed by atoms with van der Waals surface area (Å²) >= 11 is 0. The van der Waals surface area contributed by atoms with Crippen molar-refractivity contribution in [1.29, 1.82) is 0 Å². The van der Waals surface area contributed by atoms with Crippen molar-refractivity contribution >= 4 is 17.3 Å². The van der Waals surface area contributed by atoms with Crippen LogP contribution in [-0.4, -0.2) is 52.9 Å². The maximum Gasteiger partial charge on any atom is 0.293 e. The standard InChI is InChI=1S/C16H22N4O3/c1-11-8-13(15(17)14(9-11)20(22)23)16(21)19-7-3-6-18-5-2-4-12(18)10-19/h8-9,12H,2-7,10,17H2,1H3/t12-/m0/s1. The average molecular weight is 318 g/mol. The fraction of sp³-hybridized carbons (Fsp3) is 0.562. The number of anilines is 1. The largest absolute Gasteiger partial charge is 0.393 e. The Kier molecular flexibility index (Phi) is 4.21. The SMILES string of the molecule is Cc1cc(C(=O)N2CCCN3CCC[C@H]3C2)c(N)c([N+](=O)[O-])c1. The van der Waals surface area contributed by atoms with Gasteiger partial charge in [-0.1, -0.05) is 0 Å². The summed E-state index contributed by atoms with van der Waals surface area (Å²) in [4.78, 5) is 27.7. The molecule has 0 bridgehead atoms. The lowest BCUT2D eigenvalue weighted by molar-refractivity contribution is -0.384. The van der Waals surface area contributed by atoms with Crippen molar-refractivity contribution < 1.29 is 9.72 Å². The molecule has 0 unspecified atom stereocenters. The van der Waals surface area contributed by atoms with Crippen LogP contribution in [0.15, 0.2) is 12.1 Å². The van der Waals surface area contributed by atoms with E-state index in [-0.39, 0.29) is 22.8 Å². The Morgan fingerprint density at radius 3 is 2.78 bits per heavy atom. The number of benzene rings is 1. The third-order valence-corrected chi connectivity index (χ3v) is 4.82. The number of nitrogen functional groups attached to an aromatic ring is 1. The molecule has 7 heteroatoms. The third-order valence-electron chi connectivity index (χ3n) is 4.82. The van der Waals surface area contributed by atoms with Gasteiger partial charge in [0.25, 0.3) is 11.6 Å². The molecule has 3 rings (SSSR count). The molecule has 1 atom stereocenters. The van der Waals surface area contributed by atoms with E-state index in [1.165, 1.54) is 12.5 Å². The Hall–Kier alpha value is -2.15. The first-order chi connectivity index (χ1) is 11.0. The highest BCUT2D eigenvalue weighted by Crippen LogP contribution is 2.29. The van der Waals surface area contributed by atoms with Crippen molar-refractivity contribution in [1.82, 2.24) is 9.80 Å². The number of aryl methyl sites for hydroxylation is 1. The van der Waals surface area contributed by atoms with Gasteiger partial charge >= 0.3 is 0 Å². The lowest BCUT2D eigenvalue weighted by Gasteiger charge is -2.26. The molecule has 2 aliphatic rings. The number of nitrogens with two attached hydrogens (primary N) is 1. The molecule has 0 saturated carbocycles. The van der Waals surface area contributed by atoms with Gasteiger partial charge < -0.3 is 10.6 Å². The van der Waals surface area contributed by atoms with Crippen molar-refractivity contribution in [2.45, 2.75) is 32.2 Å². The number of fused-ring (bicyclic) bond motifs is 1. The van der Waals surface area contributed by atoms with Crippen molar-refractivity contribution in [3.8, 4) is 0 Å². The Morgan fingerprint density at radius 1 is 1.30 bits per heavy atom. The summed E-state index contributed by atoms with van der Waals surface area (Å²) in [5.41, 5.74) is 6.61. The number of nitrogens with zero attached hydrogens (tertiary/aromatic N) is 3. The highest BCUT2D eigenvalue weighted by Gasteiger charge is 2.32. The van der Waals surface area contributed by atoms with E-state index >= 15 is 0 Å². The van der Waals surface area contributed by atoms with Crippen LogP contribution >= 0.6 is 0 Å². The molecule has 1 aromatic rings. The van der Waals surface area contributed by atoms with E-state index in [0.29, 0.717) is 24.7 Å². The Labute approximate surface area is 135 Å². The first-order valence-corrected chi connectivity index (χ1v) is 8.05. The molecule has 0 aliphatic carbocycles. The number of hydrogen-bond acceptors (Lipinski definition) is 5. The number of rotatable bonds is 2. The van der Waals surface area contributed by atoms with E-state index in [2.05, 4.69) is 4.90 Å². The second-order valence-electron chi connectivity index (χ2n) is 6.44. The number of nitro benzene ring substituents is 1. The van der Waals surface area contributed by atoms with Gasteiger partial charge in [-0.25, -0.2) is 0 Å². The van der Waals surface area contributed by atoms with Crippen molar-refractivity contribution in [3.63, 3.8) is 0 Å². The Morgan fingerprint density at radius 2 is 2.04 bits per heavy atom. The first-order valence-electron chi connectivity index (χ1n) is 8.05. The lowest BCUT2D eigenvalue weighted by atomic mass is 10.1. The summed E-state index contributed by atoms with van der Waals surface area (Å²) in [6.45, 7) is 5.21. The molecule has 124 valence electrons. The van der Waals surface area contributed by atoms with Crippen LogP contribution in [-0.2, 0) is 0 Å². The van der Waals surface area contributed by atoms with Crippen molar-refractivity contribution in [2.24, 2.45) is 0 Å². The van der Waals surface area contributed by atoms with Crippen LogP contribution in [0.4, 0.5) is 11.4 Å². The molecule has 0 spiro atoms. The van der Waals surface area contributed by atoms with Crippen LogP contribution in [0.3, 0.4) is 0 Å². The normalized spacial score (nSPS) is 21.8. The van der Waals surface area contributed by atoms with Crippen molar-refractivity contribution in [2.75, 3.05) is 31.9 Å². The molecule has 2 heterocycles. The molecule has 2 aliphatic heterocycles. The van der Waals surface area contributed by atoms with Gasteiger partial charge in [-0.3, -0.25) is 19.8 Å². The topological polar surface area (TPSA) is 92.7 Å². The number of hydrogen-bond donors (Lipinski definition) is 1. The van der Waals surface area contributed by atoms with Gasteiger partial charge in [0.1, 0.15) is 5.69 Å². The molecule has 1 aromatic carbocycles. The minimum atomic E-state index is -0.528. The quantitative estimate of drug-likeness (QED) is 0.510. The third kappa shape index (κ3) is 3.01. The zero-order valence-corrected chi connectivity index (χ0v) is 13.3. The summed E-state index contributed by atoms with van der Waals surface area (Å²) in [5, 5.41) is 11.1. The van der Waals surface area contributed by atoms with Crippen LogP contribution < -0.4 is 5.73 Å². The van der Waals surface area contributed by atoms with E-state index in [9.17, 15) is 14.9 Å². The van der Waals surface area contributed by atoms with Crippen LogP contribution in [0.1, 0.15) is 35.2 Å². The minimum absolute atomic E-state index is 0.0295. The van der Waals surface area contributed by atoms with Gasteiger partial charge in [-0.2, -0.15) is 0 Å². The minimum Gasteiger partial charge on any atom is -0.393 e. The lowest BCUT2D eigenvalue weighted by Crippen LogP contribution is -2.39. The van der Waals surface area contributed by atoms with Gasteiger partial charge in [-0.15, -0.1) is 0 Å². The van der Waals surface area contributed by atoms with E-state index in [0.717, 1.165) is 25.9 Å². The first kappa shape index (κ1) is 15.7. The fourth-order valence-electron chi connectivity index (χ4n) is 3.67. The van der Waals surface area contributed by atoms with Gasteiger partial charge in [0.05, 0.1) is 10.5 Å². The van der Waals surface area contributed by atoms with Gasteiger partial charge in [0, 0.05) is 31.7 Å². The number of nitro groups is 1. The molecular weight excluding hydrogens is 296 g/mol. The van der Waals surface area contributed by atoms with Crippen molar-refractivity contribution in [3.05, 3.63) is 33.4 Å². The van der Waals surface area contributed by atoms with Crippen LogP contribution in [0.25, 0.3) is 0 Å². The van der Waals surface area contributed by atoms with Crippen LogP contribution in [0.5, 0.6) is 0 Å². The molecule has 2 saturated heterocycles.